The summed E-state index contributed by atoms with van der Waals surface area (Å²) in [4.78, 5) is 0. The molecule has 2 aliphatic rings. The van der Waals surface area contributed by atoms with Crippen molar-refractivity contribution in [3.8, 4) is 6.07 Å². The van der Waals surface area contributed by atoms with Crippen LogP contribution in [0.3, 0.4) is 0 Å². The average Bonchev–Trinajstić information content (AvgIpc) is 3.05. The van der Waals surface area contributed by atoms with Gasteiger partial charge in [-0.3, -0.25) is 5.32 Å². The zero-order chi connectivity index (χ0) is 13.0. The summed E-state index contributed by atoms with van der Waals surface area (Å²) in [6, 6.07) is 3.10. The molecule has 0 radical (unpaired) electrons. The van der Waals surface area contributed by atoms with Crippen molar-refractivity contribution in [1.29, 1.82) is 5.26 Å². The third-order valence-electron chi connectivity index (χ3n) is 4.02. The normalized spacial score (nSPS) is 31.8. The Morgan fingerprint density at radius 1 is 1.39 bits per heavy atom. The molecular weight excluding hydrogens is 224 g/mol. The molecule has 2 fully saturated rings. The standard InChI is InChI=1S/C15H26N2O/c1-12(2)4-3-9-18-14-7-8-15(10-14,11-16)17-13-5-6-13/h12-14,17H,3-10H2,1-2H3. The van der Waals surface area contributed by atoms with E-state index in [4.69, 9.17) is 4.74 Å². The topological polar surface area (TPSA) is 45.0 Å². The lowest BCUT2D eigenvalue weighted by Crippen LogP contribution is -2.43. The van der Waals surface area contributed by atoms with Crippen molar-refractivity contribution in [2.45, 2.75) is 76.5 Å². The molecule has 2 aliphatic carbocycles. The largest absolute Gasteiger partial charge is 0.378 e. The quantitative estimate of drug-likeness (QED) is 0.706. The Bertz CT molecular complexity index is 306. The van der Waals surface area contributed by atoms with Gasteiger partial charge in [-0.05, 0) is 44.4 Å². The minimum absolute atomic E-state index is 0.288. The summed E-state index contributed by atoms with van der Waals surface area (Å²) in [5.74, 6) is 0.756. The molecule has 2 rings (SSSR count). The zero-order valence-corrected chi connectivity index (χ0v) is 11.7. The van der Waals surface area contributed by atoms with E-state index in [9.17, 15) is 5.26 Å². The van der Waals surface area contributed by atoms with Gasteiger partial charge in [0.15, 0.2) is 0 Å². The first-order valence-corrected chi connectivity index (χ1v) is 7.44. The van der Waals surface area contributed by atoms with Crippen LogP contribution in [0.15, 0.2) is 0 Å². The highest BCUT2D eigenvalue weighted by Gasteiger charge is 2.43. The van der Waals surface area contributed by atoms with Crippen molar-refractivity contribution in [1.82, 2.24) is 5.32 Å². The third kappa shape index (κ3) is 3.96. The molecule has 0 aromatic carbocycles. The van der Waals surface area contributed by atoms with E-state index in [1.807, 2.05) is 0 Å². The van der Waals surface area contributed by atoms with Crippen molar-refractivity contribution in [2.75, 3.05) is 6.61 Å². The monoisotopic (exact) mass is 250 g/mol. The van der Waals surface area contributed by atoms with Gasteiger partial charge in [-0.1, -0.05) is 13.8 Å². The zero-order valence-electron chi connectivity index (χ0n) is 11.7. The van der Waals surface area contributed by atoms with Crippen LogP contribution in [0.25, 0.3) is 0 Å². The van der Waals surface area contributed by atoms with E-state index in [1.165, 1.54) is 19.3 Å². The van der Waals surface area contributed by atoms with E-state index in [2.05, 4.69) is 25.2 Å². The van der Waals surface area contributed by atoms with Gasteiger partial charge < -0.3 is 4.74 Å². The minimum Gasteiger partial charge on any atom is -0.378 e. The van der Waals surface area contributed by atoms with Crippen LogP contribution in [0, 0.1) is 17.2 Å². The second kappa shape index (κ2) is 6.04. The highest BCUT2D eigenvalue weighted by molar-refractivity contribution is 5.14. The molecule has 0 bridgehead atoms. The Labute approximate surface area is 111 Å². The van der Waals surface area contributed by atoms with Crippen LogP contribution in [0.2, 0.25) is 0 Å². The fraction of sp³-hybridized carbons (Fsp3) is 0.933. The number of nitrogens with zero attached hydrogens (tertiary/aromatic N) is 1. The van der Waals surface area contributed by atoms with Gasteiger partial charge >= 0.3 is 0 Å². The van der Waals surface area contributed by atoms with Gasteiger partial charge in [-0.15, -0.1) is 0 Å². The minimum atomic E-state index is -0.288. The Hall–Kier alpha value is -0.590. The molecule has 0 saturated heterocycles. The molecule has 0 aromatic heterocycles. The van der Waals surface area contributed by atoms with Crippen molar-refractivity contribution >= 4 is 0 Å². The maximum atomic E-state index is 9.39. The lowest BCUT2D eigenvalue weighted by atomic mass is 9.99. The molecule has 0 amide bonds. The Kier molecular flexibility index (Phi) is 4.64. The second-order valence-electron chi connectivity index (χ2n) is 6.38. The molecule has 3 nitrogen and oxygen atoms in total. The molecule has 2 atom stereocenters. The SMILES string of the molecule is CC(C)CCCOC1CCC(C#N)(NC2CC2)C1. The summed E-state index contributed by atoms with van der Waals surface area (Å²) in [5.41, 5.74) is -0.288. The van der Waals surface area contributed by atoms with Gasteiger partial charge in [0.1, 0.15) is 5.54 Å². The first-order chi connectivity index (χ1) is 8.63. The number of ether oxygens (including phenoxy) is 1. The van der Waals surface area contributed by atoms with Crippen molar-refractivity contribution < 1.29 is 4.74 Å². The Morgan fingerprint density at radius 3 is 2.78 bits per heavy atom. The van der Waals surface area contributed by atoms with E-state index in [0.29, 0.717) is 12.1 Å². The van der Waals surface area contributed by atoms with Crippen LogP contribution >= 0.6 is 0 Å². The summed E-state index contributed by atoms with van der Waals surface area (Å²) in [7, 11) is 0. The lowest BCUT2D eigenvalue weighted by molar-refractivity contribution is 0.0508. The average molecular weight is 250 g/mol. The van der Waals surface area contributed by atoms with Gasteiger partial charge in [0.2, 0.25) is 0 Å². The first kappa shape index (κ1) is 13.8. The fourth-order valence-corrected chi connectivity index (χ4v) is 2.77. The van der Waals surface area contributed by atoms with Gasteiger partial charge in [0.05, 0.1) is 12.2 Å². The van der Waals surface area contributed by atoms with Crippen LogP contribution < -0.4 is 5.32 Å². The molecule has 3 heteroatoms. The molecule has 1 N–H and O–H groups in total. The van der Waals surface area contributed by atoms with Gasteiger partial charge in [-0.25, -0.2) is 0 Å². The third-order valence-corrected chi connectivity index (χ3v) is 4.02. The first-order valence-electron chi connectivity index (χ1n) is 7.44. The van der Waals surface area contributed by atoms with E-state index in [1.54, 1.807) is 0 Å². The fourth-order valence-electron chi connectivity index (χ4n) is 2.77. The maximum Gasteiger partial charge on any atom is 0.109 e. The van der Waals surface area contributed by atoms with Crippen LogP contribution in [0.5, 0.6) is 0 Å². The smallest absolute Gasteiger partial charge is 0.109 e. The van der Waals surface area contributed by atoms with Crippen molar-refractivity contribution in [2.24, 2.45) is 5.92 Å². The number of nitrogens with one attached hydrogen (secondary N) is 1. The van der Waals surface area contributed by atoms with Crippen molar-refractivity contribution in [3.05, 3.63) is 0 Å². The Balaban J connectivity index is 1.68. The van der Waals surface area contributed by atoms with Crippen LogP contribution in [-0.2, 0) is 4.74 Å². The number of rotatable bonds is 7. The van der Waals surface area contributed by atoms with E-state index in [0.717, 1.165) is 38.2 Å². The van der Waals surface area contributed by atoms with Crippen LogP contribution in [-0.4, -0.2) is 24.3 Å². The summed E-state index contributed by atoms with van der Waals surface area (Å²) in [5, 5.41) is 12.9. The van der Waals surface area contributed by atoms with E-state index in [-0.39, 0.29) is 5.54 Å². The van der Waals surface area contributed by atoms with Crippen LogP contribution in [0.1, 0.15) is 58.8 Å². The molecule has 0 aliphatic heterocycles. The highest BCUT2D eigenvalue weighted by Crippen LogP contribution is 2.35. The predicted octanol–water partition coefficient (Wildman–Crippen LogP) is 3.01. The molecule has 102 valence electrons. The van der Waals surface area contributed by atoms with E-state index >= 15 is 0 Å². The van der Waals surface area contributed by atoms with Gasteiger partial charge in [-0.2, -0.15) is 5.26 Å². The summed E-state index contributed by atoms with van der Waals surface area (Å²) < 4.78 is 5.92. The molecule has 18 heavy (non-hydrogen) atoms. The highest BCUT2D eigenvalue weighted by atomic mass is 16.5. The molecular formula is C15H26N2O. The van der Waals surface area contributed by atoms with Crippen LogP contribution in [0.4, 0.5) is 0 Å². The summed E-state index contributed by atoms with van der Waals surface area (Å²) in [6.07, 6.45) is 8.02. The lowest BCUT2D eigenvalue weighted by Gasteiger charge is -2.22. The summed E-state index contributed by atoms with van der Waals surface area (Å²) >= 11 is 0. The Morgan fingerprint density at radius 2 is 2.17 bits per heavy atom. The van der Waals surface area contributed by atoms with Crippen molar-refractivity contribution in [3.63, 3.8) is 0 Å². The molecule has 0 spiro atoms. The van der Waals surface area contributed by atoms with Gasteiger partial charge in [0, 0.05) is 19.1 Å². The number of hydrogen-bond acceptors (Lipinski definition) is 3. The molecule has 0 aromatic rings. The van der Waals surface area contributed by atoms with Gasteiger partial charge in [0.25, 0.3) is 0 Å². The van der Waals surface area contributed by atoms with E-state index < -0.39 is 0 Å². The maximum absolute atomic E-state index is 9.39. The number of nitriles is 1. The number of hydrogen-bond donors (Lipinski definition) is 1. The molecule has 2 unspecified atom stereocenters. The molecule has 2 saturated carbocycles. The molecule has 0 heterocycles. The summed E-state index contributed by atoms with van der Waals surface area (Å²) in [6.45, 7) is 5.35. The second-order valence-corrected chi connectivity index (χ2v) is 6.38. The predicted molar refractivity (Wildman–Crippen MR) is 72.2 cm³/mol.